The Morgan fingerprint density at radius 3 is 2.55 bits per heavy atom. The van der Waals surface area contributed by atoms with Crippen LogP contribution in [0, 0.1) is 0 Å². The molecule has 3 rings (SSSR count). The number of para-hydroxylation sites is 1. The second kappa shape index (κ2) is 10.8. The van der Waals surface area contributed by atoms with E-state index in [0.29, 0.717) is 28.9 Å². The molecule has 1 fully saturated rings. The molecule has 0 atom stereocenters. The summed E-state index contributed by atoms with van der Waals surface area (Å²) in [6, 6.07) is 13.2. The standard InChI is InChI=1S/C22H27Cl2N3O2/c1-2-17-5-3-4-6-20(17)25-22(28)16-27-11-9-26(10-12-27)13-14-29-21-15-18(23)7-8-19(21)24/h3-8,15H,2,9-14,16H2,1H3,(H,25,28). The normalized spacial score (nSPS) is 15.3. The van der Waals surface area contributed by atoms with Crippen LogP contribution in [0.1, 0.15) is 12.5 Å². The molecule has 1 N–H and O–H groups in total. The van der Waals surface area contributed by atoms with Crippen molar-refractivity contribution in [1.29, 1.82) is 0 Å². The number of amides is 1. The van der Waals surface area contributed by atoms with Gasteiger partial charge in [0.1, 0.15) is 12.4 Å². The molecule has 0 bridgehead atoms. The van der Waals surface area contributed by atoms with E-state index in [0.717, 1.165) is 50.4 Å². The third-order valence-electron chi connectivity index (χ3n) is 5.06. The molecule has 156 valence electrons. The molecule has 5 nitrogen and oxygen atoms in total. The van der Waals surface area contributed by atoms with Crippen molar-refractivity contribution in [3.05, 3.63) is 58.1 Å². The average molecular weight is 436 g/mol. The van der Waals surface area contributed by atoms with Crippen LogP contribution in [0.15, 0.2) is 42.5 Å². The van der Waals surface area contributed by atoms with Crippen molar-refractivity contribution >= 4 is 34.8 Å². The van der Waals surface area contributed by atoms with Crippen LogP contribution < -0.4 is 10.1 Å². The van der Waals surface area contributed by atoms with Gasteiger partial charge in [0, 0.05) is 49.5 Å². The van der Waals surface area contributed by atoms with Crippen LogP contribution in [0.4, 0.5) is 5.69 Å². The smallest absolute Gasteiger partial charge is 0.238 e. The summed E-state index contributed by atoms with van der Waals surface area (Å²) in [6.45, 7) is 7.41. The highest BCUT2D eigenvalue weighted by Gasteiger charge is 2.19. The zero-order chi connectivity index (χ0) is 20.6. The Bertz CT molecular complexity index is 823. The molecule has 0 radical (unpaired) electrons. The summed E-state index contributed by atoms with van der Waals surface area (Å²) < 4.78 is 5.76. The van der Waals surface area contributed by atoms with Gasteiger partial charge in [-0.2, -0.15) is 0 Å². The third-order valence-corrected chi connectivity index (χ3v) is 5.61. The van der Waals surface area contributed by atoms with Crippen LogP contribution in [0.3, 0.4) is 0 Å². The number of aryl methyl sites for hydroxylation is 1. The first-order valence-electron chi connectivity index (χ1n) is 9.95. The van der Waals surface area contributed by atoms with Gasteiger partial charge in [-0.05, 0) is 30.2 Å². The summed E-state index contributed by atoms with van der Waals surface area (Å²) in [4.78, 5) is 16.9. The number of carbonyl (C=O) groups excluding carboxylic acids is 1. The molecule has 0 saturated carbocycles. The van der Waals surface area contributed by atoms with E-state index in [1.807, 2.05) is 24.3 Å². The molecule has 0 aliphatic carbocycles. The van der Waals surface area contributed by atoms with Crippen LogP contribution in [0.25, 0.3) is 0 Å². The second-order valence-electron chi connectivity index (χ2n) is 7.10. The molecule has 7 heteroatoms. The number of piperazine rings is 1. The number of hydrogen-bond donors (Lipinski definition) is 1. The number of ether oxygens (including phenoxy) is 1. The molecule has 1 heterocycles. The van der Waals surface area contributed by atoms with E-state index in [9.17, 15) is 4.79 Å². The molecule has 1 saturated heterocycles. The van der Waals surface area contributed by atoms with Gasteiger partial charge in [0.15, 0.2) is 0 Å². The summed E-state index contributed by atoms with van der Waals surface area (Å²) in [7, 11) is 0. The number of nitrogens with one attached hydrogen (secondary N) is 1. The van der Waals surface area contributed by atoms with Crippen LogP contribution in [0.2, 0.25) is 10.0 Å². The van der Waals surface area contributed by atoms with E-state index in [1.54, 1.807) is 18.2 Å². The second-order valence-corrected chi connectivity index (χ2v) is 7.94. The maximum atomic E-state index is 12.4. The van der Waals surface area contributed by atoms with E-state index in [-0.39, 0.29) is 5.91 Å². The Kier molecular flexibility index (Phi) is 8.19. The van der Waals surface area contributed by atoms with Crippen molar-refractivity contribution in [2.45, 2.75) is 13.3 Å². The van der Waals surface area contributed by atoms with Crippen molar-refractivity contribution in [2.75, 3.05) is 51.2 Å². The molecule has 29 heavy (non-hydrogen) atoms. The molecule has 1 amide bonds. The first kappa shape index (κ1) is 21.9. The minimum absolute atomic E-state index is 0.0401. The van der Waals surface area contributed by atoms with Gasteiger partial charge in [-0.1, -0.05) is 48.3 Å². The number of halogens is 2. The highest BCUT2D eigenvalue weighted by atomic mass is 35.5. The van der Waals surface area contributed by atoms with Crippen molar-refractivity contribution < 1.29 is 9.53 Å². The number of carbonyl (C=O) groups is 1. The third kappa shape index (κ3) is 6.61. The van der Waals surface area contributed by atoms with Gasteiger partial charge in [0.05, 0.1) is 11.6 Å². The predicted octanol–water partition coefficient (Wildman–Crippen LogP) is 4.19. The van der Waals surface area contributed by atoms with Gasteiger partial charge < -0.3 is 10.1 Å². The number of benzene rings is 2. The van der Waals surface area contributed by atoms with Crippen molar-refractivity contribution in [3.8, 4) is 5.75 Å². The number of hydrogen-bond acceptors (Lipinski definition) is 4. The Hall–Kier alpha value is -1.79. The highest BCUT2D eigenvalue weighted by Crippen LogP contribution is 2.27. The molecule has 1 aliphatic rings. The van der Waals surface area contributed by atoms with Gasteiger partial charge in [-0.3, -0.25) is 14.6 Å². The molecular weight excluding hydrogens is 409 g/mol. The van der Waals surface area contributed by atoms with Crippen LogP contribution in [0.5, 0.6) is 5.75 Å². The Morgan fingerprint density at radius 2 is 1.79 bits per heavy atom. The lowest BCUT2D eigenvalue weighted by molar-refractivity contribution is -0.117. The van der Waals surface area contributed by atoms with E-state index < -0.39 is 0 Å². The van der Waals surface area contributed by atoms with Crippen LogP contribution in [-0.2, 0) is 11.2 Å². The maximum absolute atomic E-state index is 12.4. The monoisotopic (exact) mass is 435 g/mol. The minimum atomic E-state index is 0.0401. The van der Waals surface area contributed by atoms with Gasteiger partial charge >= 0.3 is 0 Å². The SMILES string of the molecule is CCc1ccccc1NC(=O)CN1CCN(CCOc2cc(Cl)ccc2Cl)CC1. The van der Waals surface area contributed by atoms with Gasteiger partial charge in [0.25, 0.3) is 0 Å². The number of nitrogens with zero attached hydrogens (tertiary/aromatic N) is 2. The van der Waals surface area contributed by atoms with E-state index >= 15 is 0 Å². The van der Waals surface area contributed by atoms with Gasteiger partial charge in [-0.25, -0.2) is 0 Å². The lowest BCUT2D eigenvalue weighted by atomic mass is 10.1. The molecule has 2 aromatic rings. The summed E-state index contributed by atoms with van der Waals surface area (Å²) in [6.07, 6.45) is 0.900. The predicted molar refractivity (Wildman–Crippen MR) is 119 cm³/mol. The van der Waals surface area contributed by atoms with Crippen molar-refractivity contribution in [2.24, 2.45) is 0 Å². The summed E-state index contributed by atoms with van der Waals surface area (Å²) in [5.41, 5.74) is 2.07. The molecule has 0 spiro atoms. The van der Waals surface area contributed by atoms with Crippen molar-refractivity contribution in [3.63, 3.8) is 0 Å². The summed E-state index contributed by atoms with van der Waals surface area (Å²) >= 11 is 12.1. The average Bonchev–Trinajstić information content (AvgIpc) is 2.72. The molecule has 0 unspecified atom stereocenters. The van der Waals surface area contributed by atoms with Crippen LogP contribution in [-0.4, -0.2) is 61.6 Å². The van der Waals surface area contributed by atoms with Crippen molar-refractivity contribution in [1.82, 2.24) is 9.80 Å². The number of anilines is 1. The topological polar surface area (TPSA) is 44.8 Å². The van der Waals surface area contributed by atoms with E-state index in [1.165, 1.54) is 0 Å². The van der Waals surface area contributed by atoms with Gasteiger partial charge in [-0.15, -0.1) is 0 Å². The molecule has 2 aromatic carbocycles. The zero-order valence-electron chi connectivity index (χ0n) is 16.7. The molecule has 0 aromatic heterocycles. The maximum Gasteiger partial charge on any atom is 0.238 e. The summed E-state index contributed by atoms with van der Waals surface area (Å²) in [5, 5.41) is 4.22. The van der Waals surface area contributed by atoms with E-state index in [4.69, 9.17) is 27.9 Å². The quantitative estimate of drug-likeness (QED) is 0.674. The largest absolute Gasteiger partial charge is 0.491 e. The first-order valence-corrected chi connectivity index (χ1v) is 10.7. The molecular formula is C22H27Cl2N3O2. The Labute approximate surface area is 182 Å². The fourth-order valence-electron chi connectivity index (χ4n) is 3.39. The fraction of sp³-hybridized carbons (Fsp3) is 0.409. The minimum Gasteiger partial charge on any atom is -0.491 e. The summed E-state index contributed by atoms with van der Waals surface area (Å²) in [5.74, 6) is 0.653. The lowest BCUT2D eigenvalue weighted by Crippen LogP contribution is -2.49. The van der Waals surface area contributed by atoms with Gasteiger partial charge in [0.2, 0.25) is 5.91 Å². The zero-order valence-corrected chi connectivity index (χ0v) is 18.2. The molecule has 1 aliphatic heterocycles. The Balaban J connectivity index is 1.38. The number of rotatable bonds is 8. The first-order chi connectivity index (χ1) is 14.0. The van der Waals surface area contributed by atoms with Crippen LogP contribution >= 0.6 is 23.2 Å². The highest BCUT2D eigenvalue weighted by molar-refractivity contribution is 6.34. The fourth-order valence-corrected chi connectivity index (χ4v) is 3.72. The lowest BCUT2D eigenvalue weighted by Gasteiger charge is -2.34. The van der Waals surface area contributed by atoms with E-state index in [2.05, 4.69) is 22.0 Å². The Morgan fingerprint density at radius 1 is 1.07 bits per heavy atom.